The van der Waals surface area contributed by atoms with Gasteiger partial charge in [0.05, 0.1) is 17.8 Å². The fourth-order valence-electron chi connectivity index (χ4n) is 3.66. The van der Waals surface area contributed by atoms with E-state index in [4.69, 9.17) is 28.2 Å². The largest absolute Gasteiger partial charge is 0.396 e. The van der Waals surface area contributed by atoms with Gasteiger partial charge in [-0.05, 0) is 48.2 Å². The maximum Gasteiger partial charge on any atom is 0.110 e. The Labute approximate surface area is 202 Å². The number of imidazole rings is 1. The molecule has 0 bridgehead atoms. The summed E-state index contributed by atoms with van der Waals surface area (Å²) in [5.74, 6) is 1.21. The van der Waals surface area contributed by atoms with Gasteiger partial charge >= 0.3 is 0 Å². The van der Waals surface area contributed by atoms with E-state index in [1.807, 2.05) is 36.5 Å². The van der Waals surface area contributed by atoms with Crippen LogP contribution in [-0.4, -0.2) is 26.2 Å². The molecule has 2 heterocycles. The Bertz CT molecular complexity index is 1220. The van der Waals surface area contributed by atoms with E-state index in [0.29, 0.717) is 29.4 Å². The molecule has 4 aromatic rings. The summed E-state index contributed by atoms with van der Waals surface area (Å²) in [6.45, 7) is 5.08. The van der Waals surface area contributed by atoms with Crippen LogP contribution in [0.4, 0.5) is 0 Å². The lowest BCUT2D eigenvalue weighted by Crippen LogP contribution is -2.08. The van der Waals surface area contributed by atoms with E-state index in [-0.39, 0.29) is 12.5 Å². The van der Waals surface area contributed by atoms with Crippen molar-refractivity contribution in [2.45, 2.75) is 49.1 Å². The number of halogens is 2. The highest BCUT2D eigenvalue weighted by Crippen LogP contribution is 2.37. The van der Waals surface area contributed by atoms with Crippen LogP contribution in [0.1, 0.15) is 43.3 Å². The third-order valence-corrected chi connectivity index (χ3v) is 6.70. The summed E-state index contributed by atoms with van der Waals surface area (Å²) in [4.78, 5) is 10.6. The number of nitrogens with zero attached hydrogens (tertiary/aromatic N) is 3. The molecule has 0 aliphatic carbocycles. The van der Waals surface area contributed by atoms with Crippen LogP contribution in [0.25, 0.3) is 10.9 Å². The van der Waals surface area contributed by atoms with Crippen molar-refractivity contribution in [1.82, 2.24) is 14.5 Å². The first kappa shape index (κ1) is 23.1. The predicted octanol–water partition coefficient (Wildman–Crippen LogP) is 6.99. The number of aromatic nitrogens is 3. The number of hydrogen-bond acceptors (Lipinski definition) is 4. The van der Waals surface area contributed by atoms with Crippen molar-refractivity contribution < 1.29 is 5.11 Å². The standard InChI is InChI=1S/C25H25Cl2N3OS/c1-16(2)24-25(32-21-12-19(26)11-20(27)13-21)30(23(29-24)8-5-9-31)15-17-10-18-6-3-4-7-22(18)28-14-17/h3-4,6-7,10-14,16,31H,5,8-9,15H2,1-2H3. The van der Waals surface area contributed by atoms with Crippen LogP contribution < -0.4 is 0 Å². The fraction of sp³-hybridized carbons (Fsp3) is 0.280. The second kappa shape index (κ2) is 10.3. The molecule has 0 aliphatic heterocycles. The summed E-state index contributed by atoms with van der Waals surface area (Å²) in [7, 11) is 0. The van der Waals surface area contributed by atoms with Gasteiger partial charge in [0, 0.05) is 39.6 Å². The van der Waals surface area contributed by atoms with E-state index >= 15 is 0 Å². The number of pyridine rings is 1. The number of rotatable bonds is 8. The van der Waals surface area contributed by atoms with E-state index in [1.54, 1.807) is 17.8 Å². The first-order valence-corrected chi connectivity index (χ1v) is 12.2. The fourth-order valence-corrected chi connectivity index (χ4v) is 5.58. The zero-order chi connectivity index (χ0) is 22.7. The smallest absolute Gasteiger partial charge is 0.110 e. The van der Waals surface area contributed by atoms with Crippen LogP contribution in [0.5, 0.6) is 0 Å². The van der Waals surface area contributed by atoms with Crippen molar-refractivity contribution in [1.29, 1.82) is 0 Å². The van der Waals surface area contributed by atoms with Gasteiger partial charge in [-0.25, -0.2) is 4.98 Å². The normalized spacial score (nSPS) is 11.6. The molecule has 0 spiro atoms. The van der Waals surface area contributed by atoms with Gasteiger partial charge in [0.2, 0.25) is 0 Å². The van der Waals surface area contributed by atoms with Gasteiger partial charge in [-0.2, -0.15) is 0 Å². The van der Waals surface area contributed by atoms with Gasteiger partial charge in [-0.15, -0.1) is 0 Å². The minimum Gasteiger partial charge on any atom is -0.396 e. The number of aliphatic hydroxyl groups is 1. The molecule has 0 saturated heterocycles. The van der Waals surface area contributed by atoms with Gasteiger partial charge in [-0.3, -0.25) is 4.98 Å². The molecule has 4 rings (SSSR count). The highest BCUT2D eigenvalue weighted by molar-refractivity contribution is 7.99. The molecular weight excluding hydrogens is 461 g/mol. The molecule has 7 heteroatoms. The van der Waals surface area contributed by atoms with Crippen molar-refractivity contribution in [2.75, 3.05) is 6.61 Å². The first-order chi connectivity index (χ1) is 15.4. The molecular formula is C25H25Cl2N3OS. The molecule has 2 aromatic carbocycles. The van der Waals surface area contributed by atoms with Crippen molar-refractivity contribution in [3.63, 3.8) is 0 Å². The molecule has 166 valence electrons. The highest BCUT2D eigenvalue weighted by atomic mass is 35.5. The van der Waals surface area contributed by atoms with Gasteiger partial charge in [0.1, 0.15) is 10.9 Å². The van der Waals surface area contributed by atoms with Crippen molar-refractivity contribution in [2.24, 2.45) is 0 Å². The van der Waals surface area contributed by atoms with Gasteiger partial charge in [0.15, 0.2) is 0 Å². The molecule has 4 nitrogen and oxygen atoms in total. The Morgan fingerprint density at radius 1 is 1.06 bits per heavy atom. The van der Waals surface area contributed by atoms with Crippen LogP contribution in [0.15, 0.2) is 64.6 Å². The van der Waals surface area contributed by atoms with Crippen LogP contribution in [-0.2, 0) is 13.0 Å². The molecule has 0 amide bonds. The Hall–Kier alpha value is -2.05. The number of para-hydroxylation sites is 1. The summed E-state index contributed by atoms with van der Waals surface area (Å²) in [6.07, 6.45) is 3.30. The van der Waals surface area contributed by atoms with Gasteiger partial charge in [0.25, 0.3) is 0 Å². The summed E-state index contributed by atoms with van der Waals surface area (Å²) in [6, 6.07) is 15.9. The highest BCUT2D eigenvalue weighted by Gasteiger charge is 2.21. The van der Waals surface area contributed by atoms with Crippen molar-refractivity contribution in [3.8, 4) is 0 Å². The molecule has 0 radical (unpaired) electrons. The topological polar surface area (TPSA) is 50.9 Å². The predicted molar refractivity (Wildman–Crippen MR) is 133 cm³/mol. The number of aliphatic hydroxyl groups excluding tert-OH is 1. The molecule has 2 aromatic heterocycles. The summed E-state index contributed by atoms with van der Waals surface area (Å²) < 4.78 is 2.25. The minimum absolute atomic E-state index is 0.133. The summed E-state index contributed by atoms with van der Waals surface area (Å²) >= 11 is 14.1. The van der Waals surface area contributed by atoms with Gasteiger partial charge in [-0.1, -0.05) is 67.0 Å². The SMILES string of the molecule is CC(C)c1nc(CCCO)n(Cc2cnc3ccccc3c2)c1Sc1cc(Cl)cc(Cl)c1. The minimum atomic E-state index is 0.133. The Morgan fingerprint density at radius 2 is 1.81 bits per heavy atom. The monoisotopic (exact) mass is 485 g/mol. The van der Waals surface area contributed by atoms with E-state index in [1.165, 1.54) is 0 Å². The number of hydrogen-bond donors (Lipinski definition) is 1. The number of fused-ring (bicyclic) bond motifs is 1. The molecule has 0 aliphatic rings. The second-order valence-electron chi connectivity index (χ2n) is 8.03. The van der Waals surface area contributed by atoms with Crippen molar-refractivity contribution >= 4 is 45.9 Å². The van der Waals surface area contributed by atoms with E-state index < -0.39 is 0 Å². The van der Waals surface area contributed by atoms with Gasteiger partial charge < -0.3 is 9.67 Å². The van der Waals surface area contributed by atoms with E-state index in [0.717, 1.165) is 37.9 Å². The average Bonchev–Trinajstić information content (AvgIpc) is 3.08. The number of benzene rings is 2. The Kier molecular flexibility index (Phi) is 7.41. The summed E-state index contributed by atoms with van der Waals surface area (Å²) in [5.41, 5.74) is 3.12. The average molecular weight is 486 g/mol. The second-order valence-corrected chi connectivity index (χ2v) is 9.97. The van der Waals surface area contributed by atoms with Crippen LogP contribution in [0.3, 0.4) is 0 Å². The Balaban J connectivity index is 1.79. The van der Waals surface area contributed by atoms with E-state index in [9.17, 15) is 5.11 Å². The third-order valence-electron chi connectivity index (χ3n) is 5.17. The lowest BCUT2D eigenvalue weighted by Gasteiger charge is -2.14. The number of aryl methyl sites for hydroxylation is 1. The molecule has 0 fully saturated rings. The van der Waals surface area contributed by atoms with Crippen LogP contribution in [0.2, 0.25) is 10.0 Å². The molecule has 32 heavy (non-hydrogen) atoms. The molecule has 0 atom stereocenters. The first-order valence-electron chi connectivity index (χ1n) is 10.6. The molecule has 0 unspecified atom stereocenters. The van der Waals surface area contributed by atoms with E-state index in [2.05, 4.69) is 35.5 Å². The lowest BCUT2D eigenvalue weighted by molar-refractivity contribution is 0.287. The van der Waals surface area contributed by atoms with Crippen LogP contribution >= 0.6 is 35.0 Å². The maximum absolute atomic E-state index is 9.43. The Morgan fingerprint density at radius 3 is 2.53 bits per heavy atom. The third kappa shape index (κ3) is 5.29. The quantitative estimate of drug-likeness (QED) is 0.292. The van der Waals surface area contributed by atoms with Crippen molar-refractivity contribution in [3.05, 3.63) is 81.9 Å². The summed E-state index contributed by atoms with van der Waals surface area (Å²) in [5, 5.41) is 12.8. The molecule has 0 saturated carbocycles. The molecule has 1 N–H and O–H groups in total. The van der Waals surface area contributed by atoms with Crippen LogP contribution in [0, 0.1) is 0 Å². The zero-order valence-corrected chi connectivity index (χ0v) is 20.4. The zero-order valence-electron chi connectivity index (χ0n) is 18.1. The lowest BCUT2D eigenvalue weighted by atomic mass is 10.1. The maximum atomic E-state index is 9.43.